The van der Waals surface area contributed by atoms with Gasteiger partial charge < -0.3 is 89.9 Å². The molecule has 0 spiro atoms. The first-order valence-electron chi connectivity index (χ1n) is 33.4. The molecule has 17 unspecified atom stereocenters. The lowest BCUT2D eigenvalue weighted by Gasteiger charge is -2.48. The molecule has 0 saturated carbocycles. The van der Waals surface area contributed by atoms with E-state index in [0.29, 0.717) is 12.8 Å². The Morgan fingerprint density at radius 3 is 1.17 bits per heavy atom. The quantitative estimate of drug-likeness (QED) is 0.0205. The van der Waals surface area contributed by atoms with Crippen LogP contribution in [0.5, 0.6) is 0 Å². The molecule has 19 heteroatoms. The minimum absolute atomic E-state index is 0.248. The number of hydrogen-bond donors (Lipinski definition) is 12. The second kappa shape index (κ2) is 47.5. The molecule has 0 aromatic rings. The van der Waals surface area contributed by atoms with E-state index in [2.05, 4.69) is 31.3 Å². The number of carbonyl (C=O) groups excluding carboxylic acids is 1. The zero-order chi connectivity index (χ0) is 60.5. The van der Waals surface area contributed by atoms with Crippen LogP contribution in [0, 0.1) is 0 Å². The molecule has 0 aromatic carbocycles. The van der Waals surface area contributed by atoms with Crippen molar-refractivity contribution in [1.29, 1.82) is 0 Å². The lowest BCUT2D eigenvalue weighted by atomic mass is 9.96. The topological polar surface area (TPSA) is 307 Å². The molecule has 1 amide bonds. The zero-order valence-electron chi connectivity index (χ0n) is 51.4. The smallest absolute Gasteiger partial charge is 0.220 e. The van der Waals surface area contributed by atoms with Crippen molar-refractivity contribution in [2.24, 2.45) is 0 Å². The van der Waals surface area contributed by atoms with E-state index in [4.69, 9.17) is 28.4 Å². The zero-order valence-corrected chi connectivity index (χ0v) is 51.4. The first kappa shape index (κ1) is 75.8. The molecule has 3 aliphatic heterocycles. The molecule has 3 saturated heterocycles. The third-order valence-electron chi connectivity index (χ3n) is 17.1. The maximum absolute atomic E-state index is 13.4. The number of amides is 1. The van der Waals surface area contributed by atoms with Gasteiger partial charge in [0.25, 0.3) is 0 Å². The summed E-state index contributed by atoms with van der Waals surface area (Å²) in [6.45, 7) is 1.81. The van der Waals surface area contributed by atoms with Gasteiger partial charge >= 0.3 is 0 Å². The number of aliphatic hydroxyl groups is 11. The molecule has 3 aliphatic rings. The molecule has 3 fully saturated rings. The minimum atomic E-state index is -1.97. The van der Waals surface area contributed by atoms with Crippen molar-refractivity contribution in [3.63, 3.8) is 0 Å². The van der Waals surface area contributed by atoms with E-state index in [0.717, 1.165) is 64.2 Å². The van der Waals surface area contributed by atoms with Crippen molar-refractivity contribution >= 4 is 5.91 Å². The summed E-state index contributed by atoms with van der Waals surface area (Å²) in [6, 6.07) is -0.888. The van der Waals surface area contributed by atoms with Crippen molar-refractivity contribution in [1.82, 2.24) is 5.32 Å². The monoisotopic (exact) mass is 1190 g/mol. The van der Waals surface area contributed by atoms with Gasteiger partial charge in [-0.05, 0) is 38.5 Å². The van der Waals surface area contributed by atoms with Crippen molar-refractivity contribution in [3.8, 4) is 0 Å². The van der Waals surface area contributed by atoms with Crippen LogP contribution >= 0.6 is 0 Å². The Balaban J connectivity index is 1.44. The maximum Gasteiger partial charge on any atom is 0.220 e. The third-order valence-corrected chi connectivity index (χ3v) is 17.1. The Kier molecular flexibility index (Phi) is 43.4. The van der Waals surface area contributed by atoms with Gasteiger partial charge in [0.2, 0.25) is 5.91 Å². The second-order valence-corrected chi connectivity index (χ2v) is 24.3. The Morgan fingerprint density at radius 1 is 0.422 bits per heavy atom. The summed E-state index contributed by atoms with van der Waals surface area (Å²) >= 11 is 0. The fraction of sp³-hybridized carbons (Fsp3) is 0.953. The van der Waals surface area contributed by atoms with Crippen LogP contribution < -0.4 is 5.32 Å². The molecule has 3 heterocycles. The van der Waals surface area contributed by atoms with Crippen LogP contribution in [0.3, 0.4) is 0 Å². The number of ether oxygens (including phenoxy) is 6. The highest BCUT2D eigenvalue weighted by Crippen LogP contribution is 2.33. The molecular weight excluding hydrogens is 1070 g/mol. The summed E-state index contributed by atoms with van der Waals surface area (Å²) in [7, 11) is 0. The van der Waals surface area contributed by atoms with Gasteiger partial charge in [-0.15, -0.1) is 0 Å². The predicted molar refractivity (Wildman–Crippen MR) is 319 cm³/mol. The average Bonchev–Trinajstić information content (AvgIpc) is 3.15. The maximum atomic E-state index is 13.4. The second-order valence-electron chi connectivity index (χ2n) is 24.3. The molecule has 0 bridgehead atoms. The van der Waals surface area contributed by atoms with Crippen molar-refractivity contribution < 1.29 is 89.4 Å². The van der Waals surface area contributed by atoms with Gasteiger partial charge in [-0.3, -0.25) is 4.79 Å². The Bertz CT molecular complexity index is 1560. The molecule has 0 aliphatic carbocycles. The number of aliphatic hydroxyl groups excluding tert-OH is 11. The highest BCUT2D eigenvalue weighted by molar-refractivity contribution is 5.76. The van der Waals surface area contributed by atoms with E-state index >= 15 is 0 Å². The fourth-order valence-corrected chi connectivity index (χ4v) is 11.6. The van der Waals surface area contributed by atoms with Crippen molar-refractivity contribution in [2.45, 2.75) is 362 Å². The summed E-state index contributed by atoms with van der Waals surface area (Å²) in [4.78, 5) is 13.4. The molecule has 83 heavy (non-hydrogen) atoms. The van der Waals surface area contributed by atoms with Crippen LogP contribution in [-0.4, -0.2) is 193 Å². The van der Waals surface area contributed by atoms with E-state index in [1.807, 2.05) is 0 Å². The normalized spacial score (nSPS) is 29.4. The number of allylic oxidation sites excluding steroid dienone is 2. The standard InChI is InChI=1S/C64H121NO18/c1-3-5-7-9-11-13-15-17-19-20-21-22-23-24-25-26-28-29-31-33-35-37-39-41-48(69)47(65-52(70)42-40-38-36-34-32-30-27-18-16-14-12-10-8-6-4-2)46-78-62-58(76)55(73)60(50(44-67)80-62)83-64-59(77)56(74)61(51(45-68)81-64)82-63-57(75)54(72)53(71)49(43-66)79-63/h18,27,47-51,53-64,66-69,71-77H,3-17,19-26,28-46H2,1-2H3,(H,65,70)/b27-18-. The molecular formula is C64H121NO18. The van der Waals surface area contributed by atoms with E-state index in [1.54, 1.807) is 0 Å². The SMILES string of the molecule is CCCCCCCC/C=C\CCCCCCCC(=O)NC(COC1OC(CO)C(OC2OC(CO)C(OC3OC(CO)C(O)C(O)C3O)C(O)C2O)C(O)C1O)C(O)CCCCCCCCCCCCCCCCCCCCCCCCC. The molecule has 19 nitrogen and oxygen atoms in total. The van der Waals surface area contributed by atoms with Gasteiger partial charge in [0.15, 0.2) is 18.9 Å². The van der Waals surface area contributed by atoms with Crippen molar-refractivity contribution in [3.05, 3.63) is 12.2 Å². The summed E-state index contributed by atoms with van der Waals surface area (Å²) in [6.07, 6.45) is 22.9. The van der Waals surface area contributed by atoms with E-state index in [1.165, 1.54) is 161 Å². The molecule has 3 rings (SSSR count). The Morgan fingerprint density at radius 2 is 0.759 bits per heavy atom. The highest BCUT2D eigenvalue weighted by Gasteiger charge is 2.53. The lowest BCUT2D eigenvalue weighted by molar-refractivity contribution is -0.379. The van der Waals surface area contributed by atoms with Gasteiger partial charge in [-0.2, -0.15) is 0 Å². The number of carbonyl (C=O) groups is 1. The van der Waals surface area contributed by atoms with Crippen LogP contribution in [0.4, 0.5) is 0 Å². The molecule has 12 N–H and O–H groups in total. The van der Waals surface area contributed by atoms with E-state index in [9.17, 15) is 61.0 Å². The van der Waals surface area contributed by atoms with Crippen molar-refractivity contribution in [2.75, 3.05) is 26.4 Å². The van der Waals surface area contributed by atoms with Crippen LogP contribution in [0.1, 0.15) is 258 Å². The van der Waals surface area contributed by atoms with Gasteiger partial charge in [0.1, 0.15) is 73.2 Å². The minimum Gasteiger partial charge on any atom is -0.394 e. The summed E-state index contributed by atoms with van der Waals surface area (Å²) in [5, 5.41) is 121. The van der Waals surface area contributed by atoms with Gasteiger partial charge in [-0.25, -0.2) is 0 Å². The van der Waals surface area contributed by atoms with Gasteiger partial charge in [0, 0.05) is 6.42 Å². The Labute approximate surface area is 499 Å². The van der Waals surface area contributed by atoms with Crippen LogP contribution in [-0.2, 0) is 33.2 Å². The summed E-state index contributed by atoms with van der Waals surface area (Å²) in [5.74, 6) is -0.248. The molecule has 0 radical (unpaired) electrons. The number of unbranched alkanes of at least 4 members (excludes halogenated alkanes) is 33. The largest absolute Gasteiger partial charge is 0.394 e. The van der Waals surface area contributed by atoms with Crippen LogP contribution in [0.25, 0.3) is 0 Å². The number of nitrogens with one attached hydrogen (secondary N) is 1. The predicted octanol–water partition coefficient (Wildman–Crippen LogP) is 7.72. The van der Waals surface area contributed by atoms with E-state index < -0.39 is 124 Å². The molecule has 17 atom stereocenters. The number of rotatable bonds is 51. The Hall–Kier alpha value is -1.47. The van der Waals surface area contributed by atoms with Gasteiger partial charge in [0.05, 0.1) is 38.6 Å². The van der Waals surface area contributed by atoms with Crippen LogP contribution in [0.15, 0.2) is 12.2 Å². The van der Waals surface area contributed by atoms with Crippen LogP contribution in [0.2, 0.25) is 0 Å². The third kappa shape index (κ3) is 30.5. The first-order valence-corrected chi connectivity index (χ1v) is 33.4. The first-order chi connectivity index (χ1) is 40.3. The highest BCUT2D eigenvalue weighted by atomic mass is 16.8. The van der Waals surface area contributed by atoms with E-state index in [-0.39, 0.29) is 18.9 Å². The van der Waals surface area contributed by atoms with Gasteiger partial charge in [-0.1, -0.05) is 225 Å². The summed E-state index contributed by atoms with van der Waals surface area (Å²) in [5.41, 5.74) is 0. The molecule has 0 aromatic heterocycles. The lowest BCUT2D eigenvalue weighted by Crippen LogP contribution is -2.66. The summed E-state index contributed by atoms with van der Waals surface area (Å²) < 4.78 is 34.4. The number of hydrogen-bond acceptors (Lipinski definition) is 18. The fourth-order valence-electron chi connectivity index (χ4n) is 11.6. The average molecular weight is 1190 g/mol. The molecule has 490 valence electrons.